The van der Waals surface area contributed by atoms with Crippen molar-refractivity contribution in [2.24, 2.45) is 34.3 Å². The van der Waals surface area contributed by atoms with Crippen LogP contribution in [0.2, 0.25) is 0 Å². The van der Waals surface area contributed by atoms with Gasteiger partial charge in [0.25, 0.3) is 5.91 Å². The van der Waals surface area contributed by atoms with Crippen molar-refractivity contribution in [1.82, 2.24) is 4.90 Å². The van der Waals surface area contributed by atoms with Crippen molar-refractivity contribution in [2.45, 2.75) is 105 Å². The summed E-state index contributed by atoms with van der Waals surface area (Å²) in [4.78, 5) is 38.4. The number of ether oxygens (including phenoxy) is 1. The number of benzene rings is 1. The first-order valence-corrected chi connectivity index (χ1v) is 14.7. The van der Waals surface area contributed by atoms with Gasteiger partial charge in [0.1, 0.15) is 23.6 Å². The second-order valence-electron chi connectivity index (χ2n) is 13.2. The smallest absolute Gasteiger partial charge is 0.326 e. The van der Waals surface area contributed by atoms with E-state index in [9.17, 15) is 29.7 Å². The molecule has 1 amide bonds. The molecule has 2 fully saturated rings. The third kappa shape index (κ3) is 5.17. The second kappa shape index (κ2) is 11.2. The first-order chi connectivity index (χ1) is 18.7. The number of carbonyl (C=O) groups excluding carboxylic acids is 2. The number of hydrogen-bond acceptors (Lipinski definition) is 7. The summed E-state index contributed by atoms with van der Waals surface area (Å²) < 4.78 is 5.74. The van der Waals surface area contributed by atoms with Crippen molar-refractivity contribution in [2.75, 3.05) is 6.54 Å². The number of nitrogens with zero attached hydrogens (tertiary/aromatic N) is 1. The van der Waals surface area contributed by atoms with Crippen LogP contribution in [0.25, 0.3) is 0 Å². The van der Waals surface area contributed by atoms with Gasteiger partial charge in [-0.25, -0.2) is 4.79 Å². The topological polar surface area (TPSA) is 150 Å². The minimum absolute atomic E-state index is 0.0116. The Bertz CT molecular complexity index is 1160. The van der Waals surface area contributed by atoms with E-state index in [2.05, 4.69) is 27.7 Å². The van der Waals surface area contributed by atoms with Crippen LogP contribution in [-0.2, 0) is 27.3 Å². The Labute approximate surface area is 237 Å². The van der Waals surface area contributed by atoms with E-state index in [4.69, 9.17) is 10.5 Å². The molecule has 0 bridgehead atoms. The van der Waals surface area contributed by atoms with E-state index in [1.807, 2.05) is 0 Å². The fraction of sp³-hybridized carbons (Fsp3) is 0.710. The number of esters is 1. The summed E-state index contributed by atoms with van der Waals surface area (Å²) in [7, 11) is 0. The van der Waals surface area contributed by atoms with Crippen LogP contribution in [0.3, 0.4) is 0 Å². The maximum absolute atomic E-state index is 13.2. The summed E-state index contributed by atoms with van der Waals surface area (Å²) >= 11 is 0. The van der Waals surface area contributed by atoms with E-state index in [-0.39, 0.29) is 52.9 Å². The highest BCUT2D eigenvalue weighted by molar-refractivity contribution is 6.01. The number of hydrogen-bond donors (Lipinski definition) is 4. The van der Waals surface area contributed by atoms with E-state index in [0.717, 1.165) is 25.7 Å². The van der Waals surface area contributed by atoms with Gasteiger partial charge in [0, 0.05) is 23.5 Å². The third-order valence-electron chi connectivity index (χ3n) is 10.7. The quantitative estimate of drug-likeness (QED) is 0.254. The molecule has 1 aromatic carbocycles. The molecule has 9 nitrogen and oxygen atoms in total. The van der Waals surface area contributed by atoms with Crippen molar-refractivity contribution >= 4 is 17.8 Å². The SMILES string of the molecule is CC(=O)O[C@H]1CCC2C(CC[C@H](C)[C@@]2(C)Cc2c(O)cc3c(c2O)CN(C(CCCCN)C(=O)O)C3=O)C1(C)C. The van der Waals surface area contributed by atoms with Gasteiger partial charge in [-0.15, -0.1) is 0 Å². The van der Waals surface area contributed by atoms with Gasteiger partial charge in [-0.3, -0.25) is 9.59 Å². The monoisotopic (exact) mass is 558 g/mol. The zero-order valence-corrected chi connectivity index (χ0v) is 24.5. The molecule has 40 heavy (non-hydrogen) atoms. The Hall–Kier alpha value is -2.81. The summed E-state index contributed by atoms with van der Waals surface area (Å²) in [6.07, 6.45) is 5.45. The van der Waals surface area contributed by atoms with E-state index >= 15 is 0 Å². The predicted octanol–water partition coefficient (Wildman–Crippen LogP) is 4.60. The van der Waals surface area contributed by atoms with E-state index < -0.39 is 17.9 Å². The molecular formula is C31H46N2O7. The summed E-state index contributed by atoms with van der Waals surface area (Å²) in [5.74, 6) is -1.16. The van der Waals surface area contributed by atoms with Crippen molar-refractivity contribution in [3.8, 4) is 11.5 Å². The number of rotatable bonds is 9. The number of fused-ring (bicyclic) bond motifs is 2. The fourth-order valence-corrected chi connectivity index (χ4v) is 8.06. The summed E-state index contributed by atoms with van der Waals surface area (Å²) in [6, 6.07) is 0.379. The van der Waals surface area contributed by atoms with E-state index in [0.29, 0.717) is 54.7 Å². The lowest BCUT2D eigenvalue weighted by molar-refractivity contribution is -0.173. The van der Waals surface area contributed by atoms with E-state index in [1.54, 1.807) is 0 Å². The van der Waals surface area contributed by atoms with Gasteiger partial charge in [0.2, 0.25) is 0 Å². The molecule has 2 saturated carbocycles. The molecule has 3 unspecified atom stereocenters. The van der Waals surface area contributed by atoms with Crippen molar-refractivity contribution in [3.63, 3.8) is 0 Å². The second-order valence-corrected chi connectivity index (χ2v) is 13.2. The highest BCUT2D eigenvalue weighted by Gasteiger charge is 2.56. The Morgan fingerprint density at radius 1 is 1.12 bits per heavy atom. The number of aromatic hydroxyl groups is 2. The number of phenolic OH excluding ortho intramolecular Hbond substituents is 2. The van der Waals surface area contributed by atoms with Crippen LogP contribution in [0.15, 0.2) is 6.07 Å². The van der Waals surface area contributed by atoms with Crippen molar-refractivity contribution in [1.29, 1.82) is 0 Å². The molecule has 2 aliphatic carbocycles. The molecule has 5 N–H and O–H groups in total. The molecule has 9 heteroatoms. The molecule has 0 aromatic heterocycles. The summed E-state index contributed by atoms with van der Waals surface area (Å²) in [5.41, 5.74) is 6.06. The Morgan fingerprint density at radius 3 is 2.42 bits per heavy atom. The van der Waals surface area contributed by atoms with Gasteiger partial charge in [0.15, 0.2) is 0 Å². The highest BCUT2D eigenvalue weighted by atomic mass is 16.5. The van der Waals surface area contributed by atoms with Crippen molar-refractivity contribution in [3.05, 3.63) is 22.8 Å². The molecule has 0 radical (unpaired) electrons. The molecule has 4 rings (SSSR count). The van der Waals surface area contributed by atoms with E-state index in [1.165, 1.54) is 17.9 Å². The minimum Gasteiger partial charge on any atom is -0.508 e. The zero-order valence-electron chi connectivity index (χ0n) is 24.5. The highest BCUT2D eigenvalue weighted by Crippen LogP contribution is 2.61. The molecule has 1 aromatic rings. The molecule has 0 spiro atoms. The standard InChI is InChI=1S/C31H46N2O7/c1-17-9-10-22-23(11-12-26(30(22,3)4)40-18(2)34)31(17,5)15-20-25(35)14-19-21(27(20)36)16-33(28(19)37)24(29(38)39)8-6-7-13-32/h14,17,22-24,26,35-36H,6-13,15-16,32H2,1-5H3,(H,38,39)/t17-,22?,23?,24?,26-,31+/m0/s1. The Kier molecular flexibility index (Phi) is 8.46. The number of carboxylic acids is 1. The van der Waals surface area contributed by atoms with Gasteiger partial charge in [0.05, 0.1) is 12.1 Å². The number of aliphatic carboxylic acids is 1. The maximum Gasteiger partial charge on any atom is 0.326 e. The molecule has 1 aliphatic heterocycles. The molecule has 6 atom stereocenters. The molecule has 1 heterocycles. The van der Waals surface area contributed by atoms with Crippen LogP contribution >= 0.6 is 0 Å². The van der Waals surface area contributed by atoms with Crippen molar-refractivity contribution < 1.29 is 34.4 Å². The number of unbranched alkanes of at least 4 members (excludes halogenated alkanes) is 1. The first-order valence-electron chi connectivity index (χ1n) is 14.7. The number of phenols is 2. The summed E-state index contributed by atoms with van der Waals surface area (Å²) in [6.45, 7) is 10.7. The van der Waals surface area contributed by atoms with Gasteiger partial charge >= 0.3 is 11.9 Å². The van der Waals surface area contributed by atoms with Gasteiger partial charge < -0.3 is 30.7 Å². The van der Waals surface area contributed by atoms with Gasteiger partial charge in [-0.1, -0.05) is 27.7 Å². The Morgan fingerprint density at radius 2 is 1.80 bits per heavy atom. The number of carbonyl (C=O) groups is 3. The predicted molar refractivity (Wildman–Crippen MR) is 150 cm³/mol. The lowest BCUT2D eigenvalue weighted by Gasteiger charge is -2.59. The van der Waals surface area contributed by atoms with Crippen LogP contribution < -0.4 is 5.73 Å². The van der Waals surface area contributed by atoms with Crippen LogP contribution in [0, 0.1) is 28.6 Å². The summed E-state index contributed by atoms with van der Waals surface area (Å²) in [5, 5.41) is 32.4. The molecule has 3 aliphatic rings. The van der Waals surface area contributed by atoms with Gasteiger partial charge in [-0.05, 0) is 87.1 Å². The minimum atomic E-state index is -1.09. The normalized spacial score (nSPS) is 29.9. The largest absolute Gasteiger partial charge is 0.508 e. The number of carboxylic acid groups (broad SMARTS) is 1. The van der Waals surface area contributed by atoms with Crippen LogP contribution in [0.1, 0.15) is 101 Å². The molecular weight excluding hydrogens is 512 g/mol. The average Bonchev–Trinajstić information content (AvgIpc) is 3.19. The Balaban J connectivity index is 1.64. The van der Waals surface area contributed by atoms with Crippen LogP contribution in [0.4, 0.5) is 0 Å². The number of amides is 1. The number of nitrogens with two attached hydrogens (primary N) is 1. The zero-order chi connectivity index (χ0) is 29.6. The fourth-order valence-electron chi connectivity index (χ4n) is 8.06. The molecule has 0 saturated heterocycles. The first kappa shape index (κ1) is 30.2. The van der Waals surface area contributed by atoms with Gasteiger partial charge in [-0.2, -0.15) is 0 Å². The average molecular weight is 559 g/mol. The van der Waals surface area contributed by atoms with Crippen LogP contribution in [0.5, 0.6) is 11.5 Å². The lowest BCUT2D eigenvalue weighted by Crippen LogP contribution is -2.55. The van der Waals surface area contributed by atoms with Crippen LogP contribution in [-0.4, -0.2) is 56.8 Å². The maximum atomic E-state index is 13.2. The third-order valence-corrected chi connectivity index (χ3v) is 10.7. The molecule has 222 valence electrons. The lowest BCUT2D eigenvalue weighted by atomic mass is 9.47.